The number of hydrogen-bond donors (Lipinski definition) is 2. The second kappa shape index (κ2) is 8.96. The topological polar surface area (TPSA) is 110 Å². The molecule has 4 aromatic rings. The number of nitrogens with one attached hydrogen (secondary N) is 1. The Balaban J connectivity index is 1.46. The Morgan fingerprint density at radius 1 is 1.09 bits per heavy atom. The molecule has 0 radical (unpaired) electrons. The van der Waals surface area contributed by atoms with Gasteiger partial charge in [-0.25, -0.2) is 4.98 Å². The highest BCUT2D eigenvalue weighted by Crippen LogP contribution is 2.27. The zero-order valence-corrected chi connectivity index (χ0v) is 18.1. The number of aromatic nitrogens is 2. The van der Waals surface area contributed by atoms with Gasteiger partial charge >= 0.3 is 0 Å². The molecule has 8 nitrogen and oxygen atoms in total. The first-order valence-corrected chi connectivity index (χ1v) is 10.4. The maximum atomic E-state index is 12.3. The lowest BCUT2D eigenvalue weighted by molar-refractivity contribution is -0.384. The van der Waals surface area contributed by atoms with Crippen LogP contribution in [0, 0.1) is 10.1 Å². The molecule has 3 aromatic carbocycles. The number of imidazole rings is 1. The van der Waals surface area contributed by atoms with Gasteiger partial charge in [-0.15, -0.1) is 0 Å². The molecule has 8 heteroatoms. The molecule has 0 unspecified atom stereocenters. The minimum Gasteiger partial charge on any atom is -0.426 e. The summed E-state index contributed by atoms with van der Waals surface area (Å²) in [4.78, 5) is 27.1. The molecule has 4 rings (SSSR count). The highest BCUT2D eigenvalue weighted by atomic mass is 16.6. The van der Waals surface area contributed by atoms with Gasteiger partial charge < -0.3 is 10.5 Å². The van der Waals surface area contributed by atoms with Crippen molar-refractivity contribution in [3.63, 3.8) is 0 Å². The summed E-state index contributed by atoms with van der Waals surface area (Å²) in [7, 11) is 0. The van der Waals surface area contributed by atoms with Gasteiger partial charge in [0.05, 0.1) is 10.4 Å². The van der Waals surface area contributed by atoms with Crippen molar-refractivity contribution in [1.29, 1.82) is 0 Å². The number of nitro benzene ring substituents is 1. The first-order chi connectivity index (χ1) is 15.8. The summed E-state index contributed by atoms with van der Waals surface area (Å²) < 4.78 is 0.823. The average Bonchev–Trinajstić information content (AvgIpc) is 3.14. The number of hydrogen-bond acceptors (Lipinski definition) is 5. The van der Waals surface area contributed by atoms with Gasteiger partial charge in [0.1, 0.15) is 5.52 Å². The molecule has 0 saturated heterocycles. The Kier molecular flexibility index (Phi) is 5.91. The summed E-state index contributed by atoms with van der Waals surface area (Å²) in [6.07, 6.45) is 3.22. The lowest BCUT2D eigenvalue weighted by Gasteiger charge is -2.05. The van der Waals surface area contributed by atoms with Crippen LogP contribution in [0.5, 0.6) is 0 Å². The van der Waals surface area contributed by atoms with Crippen LogP contribution in [0.15, 0.2) is 72.8 Å². The number of carbonyl (C=O) groups is 1. The third kappa shape index (κ3) is 4.74. The van der Waals surface area contributed by atoms with Gasteiger partial charge in [-0.05, 0) is 53.5 Å². The van der Waals surface area contributed by atoms with E-state index in [1.807, 2.05) is 24.3 Å². The van der Waals surface area contributed by atoms with E-state index in [4.69, 9.17) is 0 Å². The standard InChI is InChI=1S/C25H22N4O4/c1-16(2)18-6-3-17(4-7-18)5-14-24(30)26-20-10-8-19(9-11-20)25-27-22-13-12-21(29(32)33)15-23(22)28(25)31/h3-16,31H,1-2H3,(H,26,30)/b14-5+. The molecule has 33 heavy (non-hydrogen) atoms. The van der Waals surface area contributed by atoms with Crippen LogP contribution < -0.4 is 5.32 Å². The molecule has 0 bridgehead atoms. The van der Waals surface area contributed by atoms with E-state index in [0.29, 0.717) is 22.7 Å². The molecule has 0 aliphatic rings. The number of benzene rings is 3. The largest absolute Gasteiger partial charge is 0.426 e. The van der Waals surface area contributed by atoms with Gasteiger partial charge in [0.15, 0.2) is 5.82 Å². The smallest absolute Gasteiger partial charge is 0.271 e. The summed E-state index contributed by atoms with van der Waals surface area (Å²) in [6, 6.07) is 18.9. The number of nitrogens with zero attached hydrogens (tertiary/aromatic N) is 3. The summed E-state index contributed by atoms with van der Waals surface area (Å²) in [6.45, 7) is 4.26. The summed E-state index contributed by atoms with van der Waals surface area (Å²) in [5.41, 5.74) is 3.89. The van der Waals surface area contributed by atoms with E-state index in [-0.39, 0.29) is 22.9 Å². The predicted molar refractivity (Wildman–Crippen MR) is 127 cm³/mol. The van der Waals surface area contributed by atoms with Crippen LogP contribution in [-0.2, 0) is 4.79 Å². The fourth-order valence-corrected chi connectivity index (χ4v) is 3.40. The molecular weight excluding hydrogens is 420 g/mol. The Bertz CT molecular complexity index is 1350. The molecule has 166 valence electrons. The van der Waals surface area contributed by atoms with E-state index in [0.717, 1.165) is 10.3 Å². The van der Waals surface area contributed by atoms with Crippen LogP contribution in [0.4, 0.5) is 11.4 Å². The van der Waals surface area contributed by atoms with E-state index in [1.165, 1.54) is 29.8 Å². The lowest BCUT2D eigenvalue weighted by Crippen LogP contribution is -2.07. The predicted octanol–water partition coefficient (Wildman–Crippen LogP) is 5.62. The second-order valence-electron chi connectivity index (χ2n) is 7.90. The molecule has 0 spiro atoms. The zero-order valence-electron chi connectivity index (χ0n) is 18.1. The number of nitro groups is 1. The number of non-ortho nitro benzene ring substituents is 1. The van der Waals surface area contributed by atoms with Gasteiger partial charge in [0.25, 0.3) is 5.69 Å². The molecule has 0 atom stereocenters. The van der Waals surface area contributed by atoms with Crippen molar-refractivity contribution in [2.24, 2.45) is 0 Å². The maximum absolute atomic E-state index is 12.3. The van der Waals surface area contributed by atoms with Crippen molar-refractivity contribution in [1.82, 2.24) is 9.71 Å². The molecule has 2 N–H and O–H groups in total. The molecule has 1 amide bonds. The zero-order chi connectivity index (χ0) is 23.5. The Labute approximate surface area is 189 Å². The number of anilines is 1. The van der Waals surface area contributed by atoms with Gasteiger partial charge in [-0.2, -0.15) is 4.73 Å². The van der Waals surface area contributed by atoms with E-state index in [2.05, 4.69) is 24.1 Å². The van der Waals surface area contributed by atoms with Crippen molar-refractivity contribution in [3.05, 3.63) is 94.0 Å². The number of amides is 1. The van der Waals surface area contributed by atoms with Crippen LogP contribution in [0.2, 0.25) is 0 Å². The number of fused-ring (bicyclic) bond motifs is 1. The van der Waals surface area contributed by atoms with Crippen molar-refractivity contribution in [2.45, 2.75) is 19.8 Å². The van der Waals surface area contributed by atoms with Gasteiger partial charge in [-0.3, -0.25) is 14.9 Å². The van der Waals surface area contributed by atoms with Crippen LogP contribution in [-0.4, -0.2) is 25.8 Å². The third-order valence-electron chi connectivity index (χ3n) is 5.27. The molecule has 1 aromatic heterocycles. The number of carbonyl (C=O) groups excluding carboxylic acids is 1. The van der Waals surface area contributed by atoms with Crippen molar-refractivity contribution >= 4 is 34.4 Å². The van der Waals surface area contributed by atoms with Crippen LogP contribution in [0.25, 0.3) is 28.5 Å². The number of rotatable bonds is 6. The van der Waals surface area contributed by atoms with Gasteiger partial charge in [0.2, 0.25) is 5.91 Å². The average molecular weight is 442 g/mol. The highest BCUT2D eigenvalue weighted by Gasteiger charge is 2.15. The fraction of sp³-hybridized carbons (Fsp3) is 0.120. The van der Waals surface area contributed by atoms with Crippen LogP contribution in [0.1, 0.15) is 30.9 Å². The van der Waals surface area contributed by atoms with Crippen molar-refractivity contribution in [3.8, 4) is 11.4 Å². The lowest BCUT2D eigenvalue weighted by atomic mass is 10.0. The third-order valence-corrected chi connectivity index (χ3v) is 5.27. The quantitative estimate of drug-likeness (QED) is 0.174. The SMILES string of the molecule is CC(C)c1ccc(/C=C/C(=O)Nc2ccc(-c3nc4ccc([N+](=O)[O-])cc4n3O)cc2)cc1. The normalized spacial score (nSPS) is 11.4. The Hall–Kier alpha value is -4.46. The molecule has 0 aliphatic carbocycles. The first-order valence-electron chi connectivity index (χ1n) is 10.4. The molecule has 0 saturated carbocycles. The maximum Gasteiger partial charge on any atom is 0.271 e. The minimum atomic E-state index is -0.529. The van der Waals surface area contributed by atoms with Crippen LogP contribution >= 0.6 is 0 Å². The molecule has 0 fully saturated rings. The van der Waals surface area contributed by atoms with E-state index in [9.17, 15) is 20.1 Å². The van der Waals surface area contributed by atoms with Crippen molar-refractivity contribution in [2.75, 3.05) is 5.32 Å². The Morgan fingerprint density at radius 3 is 2.42 bits per heavy atom. The van der Waals surface area contributed by atoms with E-state index >= 15 is 0 Å². The second-order valence-corrected chi connectivity index (χ2v) is 7.90. The van der Waals surface area contributed by atoms with Crippen LogP contribution in [0.3, 0.4) is 0 Å². The van der Waals surface area contributed by atoms with E-state index in [1.54, 1.807) is 30.3 Å². The summed E-state index contributed by atoms with van der Waals surface area (Å²) >= 11 is 0. The summed E-state index contributed by atoms with van der Waals surface area (Å²) in [5.74, 6) is 0.431. The Morgan fingerprint density at radius 2 is 1.79 bits per heavy atom. The fourth-order valence-electron chi connectivity index (χ4n) is 3.40. The van der Waals surface area contributed by atoms with Crippen molar-refractivity contribution < 1.29 is 14.9 Å². The summed E-state index contributed by atoms with van der Waals surface area (Å²) in [5, 5.41) is 24.2. The first kappa shape index (κ1) is 21.8. The van der Waals surface area contributed by atoms with E-state index < -0.39 is 4.92 Å². The van der Waals surface area contributed by atoms with Gasteiger partial charge in [0, 0.05) is 29.5 Å². The molecular formula is C25H22N4O4. The highest BCUT2D eigenvalue weighted by molar-refractivity contribution is 6.02. The minimum absolute atomic E-state index is 0.133. The molecule has 0 aliphatic heterocycles. The molecule has 1 heterocycles. The van der Waals surface area contributed by atoms with Gasteiger partial charge in [-0.1, -0.05) is 38.1 Å². The monoisotopic (exact) mass is 442 g/mol.